The second-order valence-corrected chi connectivity index (χ2v) is 14.6. The third-order valence-corrected chi connectivity index (χ3v) is 10.3. The number of phenols is 1. The van der Waals surface area contributed by atoms with Crippen molar-refractivity contribution >= 4 is 52.1 Å². The number of carbonyl (C=O) groups excluding carboxylic acids is 5. The van der Waals surface area contributed by atoms with Gasteiger partial charge < -0.3 is 43.7 Å². The van der Waals surface area contributed by atoms with Crippen molar-refractivity contribution < 1.29 is 61.9 Å². The summed E-state index contributed by atoms with van der Waals surface area (Å²) in [7, 11) is 0. The van der Waals surface area contributed by atoms with Crippen LogP contribution in [-0.2, 0) is 23.8 Å². The molecule has 0 saturated carbocycles. The van der Waals surface area contributed by atoms with Gasteiger partial charge in [-0.3, -0.25) is 39.0 Å². The quantitative estimate of drug-likeness (QED) is 0.0698. The standard InChI is InChI=1S/C45H42ClN3O14/c1-2-60-37-24-39-32(22-31(37)25-18-26(42(47)53)20-27(50)19-25)35(51)23-38(63-39)29-7-6-28(21-33(29)46)61-16-14-58-12-10-57-11-13-59-15-17-62-36-5-3-4-30-41(36)45(56)49(44(30)55)34-8-9-40(52)48-43(34)54/h3-7,18-24,34,50H,2,8-17H2,1H3,(H2,47,53)(H,48,52,54). The van der Waals surface area contributed by atoms with Crippen molar-refractivity contribution in [2.24, 2.45) is 5.73 Å². The van der Waals surface area contributed by atoms with Crippen molar-refractivity contribution in [3.05, 3.63) is 105 Å². The monoisotopic (exact) mass is 883 g/mol. The number of nitrogens with one attached hydrogen (secondary N) is 1. The Morgan fingerprint density at radius 2 is 1.51 bits per heavy atom. The first-order chi connectivity index (χ1) is 30.4. The van der Waals surface area contributed by atoms with E-state index in [1.807, 2.05) is 0 Å². The Labute approximate surface area is 364 Å². The molecule has 328 valence electrons. The van der Waals surface area contributed by atoms with Gasteiger partial charge in [0.05, 0.1) is 67.8 Å². The molecule has 1 atom stereocenters. The number of hydrogen-bond acceptors (Lipinski definition) is 14. The number of primary amides is 1. The maximum absolute atomic E-state index is 13.4. The maximum atomic E-state index is 13.4. The average molecular weight is 884 g/mol. The van der Waals surface area contributed by atoms with Gasteiger partial charge in [-0.2, -0.15) is 0 Å². The Balaban J connectivity index is 0.813. The highest BCUT2D eigenvalue weighted by atomic mass is 35.5. The molecule has 2 aliphatic heterocycles. The molecule has 2 aliphatic rings. The summed E-state index contributed by atoms with van der Waals surface area (Å²) in [5, 5.41) is 12.9. The second kappa shape index (κ2) is 19.9. The zero-order valence-corrected chi connectivity index (χ0v) is 34.7. The van der Waals surface area contributed by atoms with Gasteiger partial charge in [0, 0.05) is 35.2 Å². The van der Waals surface area contributed by atoms with Crippen LogP contribution in [0, 0.1) is 0 Å². The Bertz CT molecular complexity index is 2650. The van der Waals surface area contributed by atoms with Gasteiger partial charge in [-0.15, -0.1) is 0 Å². The van der Waals surface area contributed by atoms with Crippen molar-refractivity contribution in [3.63, 3.8) is 0 Å². The number of hydrogen-bond donors (Lipinski definition) is 3. The number of nitrogens with two attached hydrogens (primary N) is 1. The molecule has 63 heavy (non-hydrogen) atoms. The summed E-state index contributed by atoms with van der Waals surface area (Å²) >= 11 is 6.62. The largest absolute Gasteiger partial charge is 0.508 e. The van der Waals surface area contributed by atoms with Crippen molar-refractivity contribution in [1.82, 2.24) is 10.2 Å². The zero-order valence-electron chi connectivity index (χ0n) is 33.9. The molecule has 5 amide bonds. The number of rotatable bonds is 20. The van der Waals surface area contributed by atoms with Crippen LogP contribution >= 0.6 is 11.6 Å². The van der Waals surface area contributed by atoms with E-state index in [-0.39, 0.29) is 101 Å². The molecule has 5 aromatic rings. The van der Waals surface area contributed by atoms with Crippen LogP contribution in [0.2, 0.25) is 5.02 Å². The normalized spacial score (nSPS) is 14.8. The van der Waals surface area contributed by atoms with E-state index in [1.165, 1.54) is 30.3 Å². The highest BCUT2D eigenvalue weighted by Crippen LogP contribution is 2.38. The highest BCUT2D eigenvalue weighted by Gasteiger charge is 2.46. The van der Waals surface area contributed by atoms with Crippen LogP contribution in [-0.4, -0.2) is 105 Å². The van der Waals surface area contributed by atoms with E-state index < -0.39 is 35.6 Å². The lowest BCUT2D eigenvalue weighted by Crippen LogP contribution is -2.54. The summed E-state index contributed by atoms with van der Waals surface area (Å²) in [6.45, 7) is 4.05. The van der Waals surface area contributed by atoms with Crippen LogP contribution in [0.1, 0.15) is 50.8 Å². The van der Waals surface area contributed by atoms with Gasteiger partial charge in [0.25, 0.3) is 11.8 Å². The number of carbonyl (C=O) groups is 5. The van der Waals surface area contributed by atoms with Crippen LogP contribution < -0.4 is 30.7 Å². The fourth-order valence-corrected chi connectivity index (χ4v) is 7.35. The number of benzene rings is 4. The van der Waals surface area contributed by atoms with Crippen LogP contribution in [0.4, 0.5) is 0 Å². The summed E-state index contributed by atoms with van der Waals surface area (Å²) in [6, 6.07) is 17.2. The molecular weight excluding hydrogens is 842 g/mol. The molecule has 18 heteroatoms. The molecule has 0 radical (unpaired) electrons. The molecule has 4 N–H and O–H groups in total. The topological polar surface area (TPSA) is 232 Å². The van der Waals surface area contributed by atoms with E-state index in [0.29, 0.717) is 54.6 Å². The Kier molecular flexibility index (Phi) is 14.0. The smallest absolute Gasteiger partial charge is 0.266 e. The van der Waals surface area contributed by atoms with E-state index in [1.54, 1.807) is 49.4 Å². The third kappa shape index (κ3) is 10.1. The average Bonchev–Trinajstić information content (AvgIpc) is 3.51. The minimum Gasteiger partial charge on any atom is -0.508 e. The van der Waals surface area contributed by atoms with Gasteiger partial charge in [0.2, 0.25) is 17.7 Å². The summed E-state index contributed by atoms with van der Waals surface area (Å²) in [5.74, 6) is -2.02. The number of halogens is 1. The summed E-state index contributed by atoms with van der Waals surface area (Å²) < 4.78 is 40.2. The van der Waals surface area contributed by atoms with Crippen molar-refractivity contribution in [2.45, 2.75) is 25.8 Å². The Morgan fingerprint density at radius 1 is 0.794 bits per heavy atom. The van der Waals surface area contributed by atoms with Gasteiger partial charge in [-0.1, -0.05) is 17.7 Å². The SMILES string of the molecule is CCOc1cc2oc(-c3ccc(OCCOCCOCCOCCOc4cccc5c4C(=O)N(C4CCC(=O)NC4=O)C5=O)cc3Cl)cc(=O)c2cc1-c1cc(O)cc(C(N)=O)c1. The fourth-order valence-electron chi connectivity index (χ4n) is 7.09. The Morgan fingerprint density at radius 3 is 2.19 bits per heavy atom. The van der Waals surface area contributed by atoms with Crippen molar-refractivity contribution in [1.29, 1.82) is 0 Å². The van der Waals surface area contributed by atoms with Gasteiger partial charge in [-0.05, 0) is 73.5 Å². The number of amides is 5. The van der Waals surface area contributed by atoms with Crippen LogP contribution in [0.25, 0.3) is 33.4 Å². The molecule has 0 bridgehead atoms. The first kappa shape index (κ1) is 44.3. The maximum Gasteiger partial charge on any atom is 0.266 e. The van der Waals surface area contributed by atoms with E-state index in [2.05, 4.69) is 5.32 Å². The van der Waals surface area contributed by atoms with E-state index in [0.717, 1.165) is 4.90 Å². The molecule has 1 fully saturated rings. The number of aromatic hydroxyl groups is 1. The molecule has 1 unspecified atom stereocenters. The minimum atomic E-state index is -1.07. The van der Waals surface area contributed by atoms with Crippen LogP contribution in [0.5, 0.6) is 23.0 Å². The number of piperidine rings is 1. The van der Waals surface area contributed by atoms with Crippen LogP contribution in [0.15, 0.2) is 82.0 Å². The fraction of sp³-hybridized carbons (Fsp3) is 0.289. The number of nitrogens with zero attached hydrogens (tertiary/aromatic N) is 1. The Hall–Kier alpha value is -6.79. The first-order valence-corrected chi connectivity index (χ1v) is 20.3. The lowest BCUT2D eigenvalue weighted by molar-refractivity contribution is -0.136. The summed E-state index contributed by atoms with van der Waals surface area (Å²) in [4.78, 5) is 76.2. The second-order valence-electron chi connectivity index (χ2n) is 14.2. The molecule has 4 aromatic carbocycles. The van der Waals surface area contributed by atoms with E-state index in [9.17, 15) is 33.9 Å². The molecule has 7 rings (SSSR count). The molecular formula is C45H42ClN3O14. The number of phenolic OH excluding ortho intramolecular Hbond substituents is 1. The van der Waals surface area contributed by atoms with Gasteiger partial charge in [0.15, 0.2) is 5.43 Å². The highest BCUT2D eigenvalue weighted by molar-refractivity contribution is 6.33. The number of fused-ring (bicyclic) bond motifs is 2. The lowest BCUT2D eigenvalue weighted by Gasteiger charge is -2.27. The molecule has 0 spiro atoms. The summed E-state index contributed by atoms with van der Waals surface area (Å²) in [5.41, 5.74) is 6.98. The molecule has 3 heterocycles. The van der Waals surface area contributed by atoms with Crippen LogP contribution in [0.3, 0.4) is 0 Å². The van der Waals surface area contributed by atoms with Gasteiger partial charge >= 0.3 is 0 Å². The lowest BCUT2D eigenvalue weighted by atomic mass is 9.99. The molecule has 0 aliphatic carbocycles. The number of imide groups is 2. The van der Waals surface area contributed by atoms with E-state index in [4.69, 9.17) is 50.2 Å². The zero-order chi connectivity index (χ0) is 44.6. The minimum absolute atomic E-state index is 0.0287. The van der Waals surface area contributed by atoms with Crippen molar-refractivity contribution in [2.75, 3.05) is 59.5 Å². The van der Waals surface area contributed by atoms with E-state index >= 15 is 0 Å². The summed E-state index contributed by atoms with van der Waals surface area (Å²) in [6.07, 6.45) is 0.0890. The van der Waals surface area contributed by atoms with Crippen molar-refractivity contribution in [3.8, 4) is 45.4 Å². The first-order valence-electron chi connectivity index (χ1n) is 20.0. The van der Waals surface area contributed by atoms with Gasteiger partial charge in [0.1, 0.15) is 53.6 Å². The predicted molar refractivity (Wildman–Crippen MR) is 226 cm³/mol. The molecule has 17 nitrogen and oxygen atoms in total. The van der Waals surface area contributed by atoms with Gasteiger partial charge in [-0.25, -0.2) is 0 Å². The third-order valence-electron chi connectivity index (χ3n) is 10.0. The molecule has 1 aromatic heterocycles. The number of ether oxygens (including phenoxy) is 6. The molecule has 1 saturated heterocycles. The predicted octanol–water partition coefficient (Wildman–Crippen LogP) is 4.89.